The highest BCUT2D eigenvalue weighted by Gasteiger charge is 2.56. The number of ether oxygens (including phenoxy) is 1. The number of carbonyl (C=O) groups excluding carboxylic acids is 1. The molecule has 0 spiro atoms. The minimum absolute atomic E-state index is 0.0904. The van der Waals surface area contributed by atoms with Crippen LogP contribution in [0.15, 0.2) is 145 Å². The van der Waals surface area contributed by atoms with E-state index in [4.69, 9.17) is 13.6 Å². The van der Waals surface area contributed by atoms with E-state index in [1.807, 2.05) is 13.8 Å². The lowest BCUT2D eigenvalue weighted by molar-refractivity contribution is -0.126. The van der Waals surface area contributed by atoms with Gasteiger partial charge in [0.25, 0.3) is 16.6 Å². The van der Waals surface area contributed by atoms with Crippen molar-refractivity contribution in [2.45, 2.75) is 142 Å². The average molecular weight is 897 g/mol. The Labute approximate surface area is 388 Å². The Morgan fingerprint density at radius 3 is 1.62 bits per heavy atom. The maximum absolute atomic E-state index is 15.4. The van der Waals surface area contributed by atoms with E-state index in [1.165, 1.54) is 39.2 Å². The molecule has 3 saturated carbocycles. The van der Waals surface area contributed by atoms with Crippen molar-refractivity contribution in [3.8, 4) is 0 Å². The number of Topliss-reactive ketones (excluding diaryl/α,β-unsaturated/α-hetero) is 1. The molecule has 3 aliphatic rings. The van der Waals surface area contributed by atoms with E-state index in [0.717, 1.165) is 24.8 Å². The molecule has 6 atom stereocenters. The molecule has 0 heterocycles. The molecule has 0 radical (unpaired) electrons. The van der Waals surface area contributed by atoms with Crippen LogP contribution in [-0.2, 0) is 18.4 Å². The third kappa shape index (κ3) is 9.73. The largest absolute Gasteiger partial charge is 0.404 e. The Balaban J connectivity index is 1.32. The fourth-order valence-corrected chi connectivity index (χ4v) is 21.5. The highest BCUT2D eigenvalue weighted by atomic mass is 28.4. The van der Waals surface area contributed by atoms with Gasteiger partial charge in [0.2, 0.25) is 0 Å². The van der Waals surface area contributed by atoms with Crippen LogP contribution < -0.4 is 20.7 Å². The summed E-state index contributed by atoms with van der Waals surface area (Å²) in [7, 11) is -6.10. The zero-order chi connectivity index (χ0) is 46.0. The summed E-state index contributed by atoms with van der Waals surface area (Å²) in [6.45, 7) is 23.3. The Kier molecular flexibility index (Phi) is 14.5. The van der Waals surface area contributed by atoms with Crippen molar-refractivity contribution >= 4 is 43.2 Å². The average Bonchev–Trinajstić information content (AvgIpc) is 3.62. The quantitative estimate of drug-likeness (QED) is 0.101. The summed E-state index contributed by atoms with van der Waals surface area (Å²) in [4.78, 5) is 15.4. The number of ketones is 1. The lowest BCUT2D eigenvalue weighted by Crippen LogP contribution is -2.70. The van der Waals surface area contributed by atoms with E-state index in [0.29, 0.717) is 43.8 Å². The minimum Gasteiger partial charge on any atom is -0.404 e. The molecule has 64 heavy (non-hydrogen) atoms. The number of allylic oxidation sites excluding steroid dienone is 3. The molecule has 5 nitrogen and oxygen atoms in total. The molecule has 0 aromatic heterocycles. The molecular weight excluding hydrogens is 821 g/mol. The number of carbonyl (C=O) groups is 1. The topological polar surface area (TPSA) is 65.0 Å². The van der Waals surface area contributed by atoms with E-state index in [2.05, 4.69) is 189 Å². The Bertz CT molecular complexity index is 2140. The fraction of sp³-hybridized carbons (Fsp3) is 0.491. The first-order chi connectivity index (χ1) is 30.3. The second-order valence-electron chi connectivity index (χ2n) is 22.3. The maximum atomic E-state index is 15.4. The van der Waals surface area contributed by atoms with Gasteiger partial charge in [-0.25, -0.2) is 0 Å². The van der Waals surface area contributed by atoms with Crippen LogP contribution in [0.5, 0.6) is 0 Å². The van der Waals surface area contributed by atoms with Crippen LogP contribution >= 0.6 is 0 Å². The van der Waals surface area contributed by atoms with Crippen molar-refractivity contribution in [2.24, 2.45) is 23.2 Å². The lowest BCUT2D eigenvalue weighted by atomic mass is 9.61. The molecule has 0 aliphatic heterocycles. The van der Waals surface area contributed by atoms with Gasteiger partial charge in [0.1, 0.15) is 6.10 Å². The number of benzene rings is 4. The standard InChI is InChI=1S/C57H76O5Si2/c1-42(40-60-41-56(8,9)59)50-35-36-51-43(24-23-37-57(50,51)10)33-34-44-38-45(61-63(54(2,3)4,46-25-15-11-16-26-46)47-27-17-12-18-28-47)39-52(53(44)58)62-64(55(5,6)7,48-29-19-13-20-30-48)49-31-21-14-22-32-49/h11-22,25-34,42,45,50-52,59H,23-24,35-41H2,1-10H3/b43-33+,44-34+/t42-,45-,50-,51+,52+,57-/m1/s1. The maximum Gasteiger partial charge on any atom is 0.262 e. The first-order valence-corrected chi connectivity index (χ1v) is 27.9. The van der Waals surface area contributed by atoms with Crippen molar-refractivity contribution in [3.63, 3.8) is 0 Å². The summed E-state index contributed by atoms with van der Waals surface area (Å²) >= 11 is 0. The Morgan fingerprint density at radius 1 is 0.703 bits per heavy atom. The van der Waals surface area contributed by atoms with Crippen molar-refractivity contribution in [1.82, 2.24) is 0 Å². The van der Waals surface area contributed by atoms with E-state index in [1.54, 1.807) is 0 Å². The van der Waals surface area contributed by atoms with Gasteiger partial charge in [0.15, 0.2) is 5.78 Å². The van der Waals surface area contributed by atoms with E-state index in [9.17, 15) is 5.11 Å². The third-order valence-electron chi connectivity index (χ3n) is 15.1. The summed E-state index contributed by atoms with van der Waals surface area (Å²) in [6, 6.07) is 43.2. The van der Waals surface area contributed by atoms with Crippen molar-refractivity contribution < 1.29 is 23.5 Å². The second kappa shape index (κ2) is 19.3. The molecule has 3 fully saturated rings. The molecule has 1 N–H and O–H groups in total. The normalized spacial score (nSPS) is 25.4. The SMILES string of the molecule is C[C@H](COCC(C)(C)O)[C@H]1CC[C@H]2/C(=C/C=C3\C[C@@H](O[Si](c4ccccc4)(c4ccccc4)C(C)(C)C)C[C@H](O[Si](c4ccccc4)(c4ccccc4)C(C)(C)C)C3=O)CCC[C@]12C. The van der Waals surface area contributed by atoms with Gasteiger partial charge in [-0.2, -0.15) is 0 Å². The van der Waals surface area contributed by atoms with Crippen LogP contribution in [0.4, 0.5) is 0 Å². The summed E-state index contributed by atoms with van der Waals surface area (Å²) in [6.07, 6.45) is 10.3. The molecule has 4 aromatic carbocycles. The zero-order valence-corrected chi connectivity index (χ0v) is 42.5. The van der Waals surface area contributed by atoms with Gasteiger partial charge in [-0.15, -0.1) is 0 Å². The van der Waals surface area contributed by atoms with Gasteiger partial charge < -0.3 is 18.7 Å². The highest BCUT2D eigenvalue weighted by molar-refractivity contribution is 7.00. The Hall–Kier alpha value is -3.70. The van der Waals surface area contributed by atoms with Gasteiger partial charge in [-0.3, -0.25) is 4.79 Å². The van der Waals surface area contributed by atoms with Gasteiger partial charge in [-0.05, 0) is 99.9 Å². The second-order valence-corrected chi connectivity index (χ2v) is 30.8. The molecule has 0 amide bonds. The predicted molar refractivity (Wildman–Crippen MR) is 270 cm³/mol. The first kappa shape index (κ1) is 48.2. The monoisotopic (exact) mass is 897 g/mol. The first-order valence-electron chi connectivity index (χ1n) is 24.1. The minimum atomic E-state index is -3.11. The predicted octanol–water partition coefficient (Wildman–Crippen LogP) is 10.7. The molecule has 0 unspecified atom stereocenters. The van der Waals surface area contributed by atoms with E-state index >= 15 is 4.79 Å². The smallest absolute Gasteiger partial charge is 0.262 e. The van der Waals surface area contributed by atoms with Crippen molar-refractivity contribution in [1.29, 1.82) is 0 Å². The van der Waals surface area contributed by atoms with Gasteiger partial charge >= 0.3 is 0 Å². The fourth-order valence-electron chi connectivity index (χ4n) is 12.2. The summed E-state index contributed by atoms with van der Waals surface area (Å²) < 4.78 is 21.8. The van der Waals surface area contributed by atoms with Crippen LogP contribution in [0.1, 0.15) is 114 Å². The van der Waals surface area contributed by atoms with Crippen LogP contribution in [0.3, 0.4) is 0 Å². The molecule has 0 saturated heterocycles. The van der Waals surface area contributed by atoms with Gasteiger partial charge in [-0.1, -0.05) is 194 Å². The molecule has 4 aromatic rings. The molecule has 3 aliphatic carbocycles. The molecule has 342 valence electrons. The van der Waals surface area contributed by atoms with Crippen LogP contribution in [0.2, 0.25) is 10.1 Å². The summed E-state index contributed by atoms with van der Waals surface area (Å²) in [5, 5.41) is 14.6. The number of hydrogen-bond donors (Lipinski definition) is 1. The summed E-state index contributed by atoms with van der Waals surface area (Å²) in [5.41, 5.74) is 1.61. The third-order valence-corrected chi connectivity index (χ3v) is 25.2. The summed E-state index contributed by atoms with van der Waals surface area (Å²) in [5.74, 6) is 1.49. The zero-order valence-electron chi connectivity index (χ0n) is 40.5. The van der Waals surface area contributed by atoms with E-state index in [-0.39, 0.29) is 27.4 Å². The van der Waals surface area contributed by atoms with Crippen LogP contribution in [-0.4, -0.2) is 58.5 Å². The van der Waals surface area contributed by atoms with Crippen LogP contribution in [0, 0.1) is 23.2 Å². The molecular formula is C57H76O5Si2. The number of rotatable bonds is 14. The van der Waals surface area contributed by atoms with Crippen molar-refractivity contribution in [3.05, 3.63) is 145 Å². The molecule has 7 rings (SSSR count). The van der Waals surface area contributed by atoms with Crippen LogP contribution in [0.25, 0.3) is 0 Å². The van der Waals surface area contributed by atoms with Crippen molar-refractivity contribution in [2.75, 3.05) is 13.2 Å². The Morgan fingerprint density at radius 2 is 1.17 bits per heavy atom. The number of hydrogen-bond acceptors (Lipinski definition) is 5. The van der Waals surface area contributed by atoms with E-state index < -0.39 is 28.3 Å². The lowest BCUT2D eigenvalue weighted by Gasteiger charge is -2.48. The molecule has 7 heteroatoms. The molecule has 0 bridgehead atoms. The highest BCUT2D eigenvalue weighted by Crippen LogP contribution is 2.59. The van der Waals surface area contributed by atoms with Gasteiger partial charge in [0, 0.05) is 25.0 Å². The number of aliphatic hydroxyl groups is 1. The van der Waals surface area contributed by atoms with Gasteiger partial charge in [0.05, 0.1) is 18.3 Å². The number of fused-ring (bicyclic) bond motifs is 1.